The molecule has 1 fully saturated rings. The number of para-hydroxylation sites is 1. The number of carbonyl (C=O) groups excluding carboxylic acids is 1. The van der Waals surface area contributed by atoms with Gasteiger partial charge in [-0.25, -0.2) is 9.63 Å². The molecule has 314 valence electrons. The Balaban J connectivity index is 1.11. The molecule has 1 heterocycles. The summed E-state index contributed by atoms with van der Waals surface area (Å²) in [6, 6.07) is 34.8. The smallest absolute Gasteiger partial charge is 0.338 e. The lowest BCUT2D eigenvalue weighted by Gasteiger charge is -2.39. The number of nitrogens with zero attached hydrogens (tertiary/aromatic N) is 1. The molecule has 13 nitrogen and oxygen atoms in total. The number of fused-ring (bicyclic) bond motifs is 1. The fourth-order valence-electron chi connectivity index (χ4n) is 7.15. The Morgan fingerprint density at radius 2 is 1.54 bits per heavy atom. The first-order valence-corrected chi connectivity index (χ1v) is 19.9. The molecule has 0 radical (unpaired) electrons. The second-order valence-corrected chi connectivity index (χ2v) is 14.2. The van der Waals surface area contributed by atoms with Gasteiger partial charge in [-0.1, -0.05) is 73.7 Å². The van der Waals surface area contributed by atoms with Gasteiger partial charge >= 0.3 is 5.97 Å². The lowest BCUT2D eigenvalue weighted by molar-refractivity contribution is -0.497. The third-order valence-corrected chi connectivity index (χ3v) is 10.2. The molecule has 1 aliphatic rings. The summed E-state index contributed by atoms with van der Waals surface area (Å²) in [5, 5.41) is 23.0. The number of piperidine rings is 1. The minimum atomic E-state index is -0.519. The number of methoxy groups -OCH3 is 2. The van der Waals surface area contributed by atoms with Crippen LogP contribution in [0.5, 0.6) is 17.2 Å². The molecule has 5 aromatic rings. The maximum atomic E-state index is 13.2. The highest BCUT2D eigenvalue weighted by Gasteiger charge is 2.37. The van der Waals surface area contributed by atoms with Crippen molar-refractivity contribution in [1.29, 1.82) is 0 Å². The van der Waals surface area contributed by atoms with Crippen LogP contribution in [-0.2, 0) is 43.6 Å². The summed E-state index contributed by atoms with van der Waals surface area (Å²) in [6.45, 7) is 5.04. The van der Waals surface area contributed by atoms with Crippen LogP contribution in [0.3, 0.4) is 0 Å². The average Bonchev–Trinajstić information content (AvgIpc) is 3.27. The Kier molecular flexibility index (Phi) is 16.5. The van der Waals surface area contributed by atoms with Gasteiger partial charge in [-0.15, -0.1) is 0 Å². The standard InChI is InChI=1S/C46H54N2O11/c1-4-38(59-46(49)36-14-9-11-32(23-36)29-58-48(50)51)31-57-44-27-47-26-43(56-28-33-24-35-12-5-7-15-40(35)42(25-33)53-3)45(44)34-17-19-39(20-18-34)55-22-10-21-54-30-37-13-6-8-16-41(37)52-2/h5-9,11-20,23-25,38,43-45,47,50-51H,4,10,21-22,26-31H2,1-3H3. The zero-order chi connectivity index (χ0) is 41.4. The molecule has 0 aromatic heterocycles. The molecule has 0 saturated carbocycles. The largest absolute Gasteiger partial charge is 0.496 e. The van der Waals surface area contributed by atoms with Crippen LogP contribution >= 0.6 is 0 Å². The highest BCUT2D eigenvalue weighted by Crippen LogP contribution is 2.34. The SMILES string of the molecule is CCC(COC1CNCC(OCc2cc(OC)c3ccccc3c2)C1c1ccc(OCCCOCc2ccccc2OC)cc1)OC(=O)c1cccc(CON(O)O)c1. The van der Waals surface area contributed by atoms with E-state index in [-0.39, 0.29) is 36.7 Å². The first kappa shape index (κ1) is 43.5. The molecule has 0 aliphatic carbocycles. The van der Waals surface area contributed by atoms with Gasteiger partial charge in [-0.3, -0.25) is 10.4 Å². The van der Waals surface area contributed by atoms with Crippen molar-refractivity contribution in [3.8, 4) is 17.2 Å². The van der Waals surface area contributed by atoms with Crippen molar-refractivity contribution in [1.82, 2.24) is 10.7 Å². The molecule has 4 unspecified atom stereocenters. The number of nitrogens with one attached hydrogen (secondary N) is 1. The van der Waals surface area contributed by atoms with Crippen molar-refractivity contribution >= 4 is 16.7 Å². The van der Waals surface area contributed by atoms with E-state index in [1.165, 1.54) is 0 Å². The van der Waals surface area contributed by atoms with Gasteiger partial charge in [0.25, 0.3) is 0 Å². The quantitative estimate of drug-likeness (QED) is 0.0358. The van der Waals surface area contributed by atoms with Crippen LogP contribution in [0.25, 0.3) is 10.8 Å². The molecule has 13 heteroatoms. The van der Waals surface area contributed by atoms with E-state index < -0.39 is 12.1 Å². The summed E-state index contributed by atoms with van der Waals surface area (Å²) in [4.78, 5) is 17.9. The predicted octanol–water partition coefficient (Wildman–Crippen LogP) is 7.65. The first-order chi connectivity index (χ1) is 28.8. The van der Waals surface area contributed by atoms with Gasteiger partial charge < -0.3 is 38.5 Å². The Morgan fingerprint density at radius 3 is 2.32 bits per heavy atom. The van der Waals surface area contributed by atoms with Crippen molar-refractivity contribution in [2.24, 2.45) is 0 Å². The lowest BCUT2D eigenvalue weighted by Crippen LogP contribution is -2.51. The predicted molar refractivity (Wildman–Crippen MR) is 220 cm³/mol. The maximum absolute atomic E-state index is 13.2. The van der Waals surface area contributed by atoms with Crippen molar-refractivity contribution in [2.75, 3.05) is 47.1 Å². The minimum absolute atomic E-state index is 0.143. The van der Waals surface area contributed by atoms with Gasteiger partial charge in [0.05, 0.1) is 77.0 Å². The summed E-state index contributed by atoms with van der Waals surface area (Å²) in [6.07, 6.45) is 0.185. The number of hydrogen-bond acceptors (Lipinski definition) is 13. The number of benzene rings is 5. The summed E-state index contributed by atoms with van der Waals surface area (Å²) in [5.74, 6) is 1.69. The van der Waals surface area contributed by atoms with E-state index in [0.29, 0.717) is 57.1 Å². The Labute approximate surface area is 345 Å². The van der Waals surface area contributed by atoms with Crippen LogP contribution in [0.2, 0.25) is 0 Å². The van der Waals surface area contributed by atoms with E-state index in [9.17, 15) is 4.79 Å². The van der Waals surface area contributed by atoms with Gasteiger partial charge in [0.2, 0.25) is 0 Å². The first-order valence-electron chi connectivity index (χ1n) is 19.9. The van der Waals surface area contributed by atoms with E-state index in [2.05, 4.69) is 34.4 Å². The Hall–Kier alpha value is -5.09. The molecular formula is C46H54N2O11. The van der Waals surface area contributed by atoms with Crippen LogP contribution < -0.4 is 19.5 Å². The van der Waals surface area contributed by atoms with Gasteiger partial charge in [-0.2, -0.15) is 0 Å². The molecule has 5 aromatic carbocycles. The third kappa shape index (κ3) is 12.5. The second-order valence-electron chi connectivity index (χ2n) is 14.2. The van der Waals surface area contributed by atoms with Crippen LogP contribution in [0.15, 0.2) is 109 Å². The van der Waals surface area contributed by atoms with Crippen molar-refractivity contribution in [3.05, 3.63) is 137 Å². The number of hydrogen-bond donors (Lipinski definition) is 3. The fourth-order valence-corrected chi connectivity index (χ4v) is 7.15. The molecule has 1 aliphatic heterocycles. The van der Waals surface area contributed by atoms with E-state index in [4.69, 9.17) is 43.6 Å². The van der Waals surface area contributed by atoms with E-state index in [0.717, 1.165) is 51.1 Å². The molecule has 0 amide bonds. The second kappa shape index (κ2) is 22.3. The van der Waals surface area contributed by atoms with Crippen molar-refractivity contribution in [2.45, 2.75) is 63.8 Å². The average molecular weight is 811 g/mol. The maximum Gasteiger partial charge on any atom is 0.338 e. The number of carbonyl (C=O) groups is 1. The Bertz CT molecular complexity index is 2060. The van der Waals surface area contributed by atoms with E-state index in [1.54, 1.807) is 38.5 Å². The third-order valence-electron chi connectivity index (χ3n) is 10.2. The summed E-state index contributed by atoms with van der Waals surface area (Å²) >= 11 is 0. The highest BCUT2D eigenvalue weighted by molar-refractivity contribution is 5.90. The van der Waals surface area contributed by atoms with Gasteiger partial charge in [-0.05, 0) is 71.0 Å². The van der Waals surface area contributed by atoms with Crippen molar-refractivity contribution in [3.63, 3.8) is 0 Å². The topological polar surface area (TPSA) is 147 Å². The molecule has 59 heavy (non-hydrogen) atoms. The molecule has 3 N–H and O–H groups in total. The van der Waals surface area contributed by atoms with E-state index >= 15 is 0 Å². The zero-order valence-corrected chi connectivity index (χ0v) is 33.8. The number of esters is 1. The lowest BCUT2D eigenvalue weighted by atomic mass is 9.85. The van der Waals surface area contributed by atoms with Crippen LogP contribution in [0, 0.1) is 0 Å². The Morgan fingerprint density at radius 1 is 0.780 bits per heavy atom. The summed E-state index contributed by atoms with van der Waals surface area (Å²) in [7, 11) is 3.33. The molecule has 1 saturated heterocycles. The molecule has 6 rings (SSSR count). The molecule has 0 bridgehead atoms. The van der Waals surface area contributed by atoms with Crippen LogP contribution in [-0.4, -0.2) is 87.2 Å². The molecule has 0 spiro atoms. The number of ether oxygens (including phenoxy) is 7. The van der Waals surface area contributed by atoms with Gasteiger partial charge in [0.1, 0.15) is 23.4 Å². The highest BCUT2D eigenvalue weighted by atomic mass is 17.1. The minimum Gasteiger partial charge on any atom is -0.496 e. The van der Waals surface area contributed by atoms with Crippen LogP contribution in [0.4, 0.5) is 0 Å². The van der Waals surface area contributed by atoms with Gasteiger partial charge in [0, 0.05) is 36.4 Å². The van der Waals surface area contributed by atoms with Gasteiger partial charge in [0.15, 0.2) is 0 Å². The molecular weight excluding hydrogens is 757 g/mol. The number of rotatable bonds is 22. The monoisotopic (exact) mass is 810 g/mol. The van der Waals surface area contributed by atoms with Crippen LogP contribution in [0.1, 0.15) is 58.3 Å². The van der Waals surface area contributed by atoms with E-state index in [1.807, 2.05) is 67.6 Å². The zero-order valence-electron chi connectivity index (χ0n) is 33.8. The normalized spacial score (nSPS) is 17.2. The van der Waals surface area contributed by atoms with Crippen molar-refractivity contribution < 1.29 is 53.2 Å². The fraction of sp³-hybridized carbons (Fsp3) is 0.370. The summed E-state index contributed by atoms with van der Waals surface area (Å²) in [5.41, 5.74) is 3.92. The summed E-state index contributed by atoms with van der Waals surface area (Å²) < 4.78 is 42.3. The molecule has 4 atom stereocenters.